The quantitative estimate of drug-likeness (QED) is 0.472. The molecule has 0 saturated carbocycles. The van der Waals surface area contributed by atoms with Crippen molar-refractivity contribution >= 4 is 17.6 Å². The van der Waals surface area contributed by atoms with E-state index in [9.17, 15) is 4.79 Å². The van der Waals surface area contributed by atoms with Crippen LogP contribution in [0.3, 0.4) is 0 Å². The summed E-state index contributed by atoms with van der Waals surface area (Å²) in [5.74, 6) is 0.835. The highest BCUT2D eigenvalue weighted by molar-refractivity contribution is 5.80. The van der Waals surface area contributed by atoms with Crippen LogP contribution in [0.15, 0.2) is 29.3 Å². The van der Waals surface area contributed by atoms with E-state index in [4.69, 9.17) is 14.5 Å². The molecule has 2 heterocycles. The number of ether oxygens (including phenoxy) is 2. The minimum atomic E-state index is -0.0954. The first-order chi connectivity index (χ1) is 13.7. The Kier molecular flexibility index (Phi) is 7.54. The van der Waals surface area contributed by atoms with E-state index in [1.165, 1.54) is 18.4 Å². The predicted octanol–water partition coefficient (Wildman–Crippen LogP) is 1.87. The van der Waals surface area contributed by atoms with Crippen molar-refractivity contribution in [2.45, 2.75) is 26.3 Å². The number of methoxy groups -OCH3 is 1. The number of rotatable bonds is 5. The zero-order valence-corrected chi connectivity index (χ0v) is 17.0. The van der Waals surface area contributed by atoms with Gasteiger partial charge in [0.2, 0.25) is 0 Å². The summed E-state index contributed by atoms with van der Waals surface area (Å²) in [4.78, 5) is 21.1. The number of hydrogen-bond donors (Lipinski definition) is 1. The smallest absolute Gasteiger partial charge is 0.308 e. The third-order valence-corrected chi connectivity index (χ3v) is 5.39. The minimum absolute atomic E-state index is 0.0110. The van der Waals surface area contributed by atoms with Crippen LogP contribution in [-0.2, 0) is 20.8 Å². The Morgan fingerprint density at radius 1 is 1.18 bits per heavy atom. The predicted molar refractivity (Wildman–Crippen MR) is 111 cm³/mol. The first-order valence-electron chi connectivity index (χ1n) is 10.2. The van der Waals surface area contributed by atoms with Gasteiger partial charge in [-0.1, -0.05) is 12.1 Å². The van der Waals surface area contributed by atoms with Gasteiger partial charge in [0.05, 0.1) is 32.8 Å². The van der Waals surface area contributed by atoms with Crippen molar-refractivity contribution < 1.29 is 14.3 Å². The van der Waals surface area contributed by atoms with Gasteiger partial charge in [0.15, 0.2) is 5.96 Å². The van der Waals surface area contributed by atoms with Gasteiger partial charge in [-0.2, -0.15) is 0 Å². The topological polar surface area (TPSA) is 66.4 Å². The van der Waals surface area contributed by atoms with Gasteiger partial charge in [0.25, 0.3) is 0 Å². The van der Waals surface area contributed by atoms with Crippen LogP contribution in [0.2, 0.25) is 0 Å². The molecule has 7 nitrogen and oxygen atoms in total. The standard InChI is InChI=1S/C21H32N4O3/c1-3-22-21(25-10-8-18(9-11-25)20(26)27-2)23-16-17-4-6-19(7-5-17)24-12-14-28-15-13-24/h4-7,18H,3,8-16H2,1-2H3,(H,22,23). The van der Waals surface area contributed by atoms with Crippen molar-refractivity contribution in [3.63, 3.8) is 0 Å². The lowest BCUT2D eigenvalue weighted by Crippen LogP contribution is -2.46. The molecule has 28 heavy (non-hydrogen) atoms. The first-order valence-corrected chi connectivity index (χ1v) is 10.2. The number of morpholine rings is 1. The van der Waals surface area contributed by atoms with Gasteiger partial charge in [-0.25, -0.2) is 4.99 Å². The number of nitrogens with zero attached hydrogens (tertiary/aromatic N) is 3. The fraction of sp³-hybridized carbons (Fsp3) is 0.619. The van der Waals surface area contributed by atoms with Crippen LogP contribution in [0.5, 0.6) is 0 Å². The molecule has 1 aromatic rings. The average Bonchev–Trinajstić information content (AvgIpc) is 2.77. The van der Waals surface area contributed by atoms with Crippen molar-refractivity contribution in [1.29, 1.82) is 0 Å². The second-order valence-electron chi connectivity index (χ2n) is 7.22. The molecule has 0 amide bonds. The first kappa shape index (κ1) is 20.5. The van der Waals surface area contributed by atoms with Crippen molar-refractivity contribution in [1.82, 2.24) is 10.2 Å². The van der Waals surface area contributed by atoms with Crippen molar-refractivity contribution in [3.05, 3.63) is 29.8 Å². The summed E-state index contributed by atoms with van der Waals surface area (Å²) >= 11 is 0. The summed E-state index contributed by atoms with van der Waals surface area (Å²) in [7, 11) is 1.46. The Morgan fingerprint density at radius 3 is 2.46 bits per heavy atom. The van der Waals surface area contributed by atoms with E-state index in [0.717, 1.165) is 64.7 Å². The third kappa shape index (κ3) is 5.38. The van der Waals surface area contributed by atoms with Gasteiger partial charge >= 0.3 is 5.97 Å². The van der Waals surface area contributed by atoms with Crippen LogP contribution in [0.25, 0.3) is 0 Å². The number of guanidine groups is 1. The molecule has 7 heteroatoms. The Bertz CT molecular complexity index is 648. The molecular weight excluding hydrogens is 356 g/mol. The molecule has 2 fully saturated rings. The number of nitrogens with one attached hydrogen (secondary N) is 1. The number of piperidine rings is 1. The molecule has 154 valence electrons. The fourth-order valence-electron chi connectivity index (χ4n) is 3.72. The molecule has 0 aromatic heterocycles. The zero-order valence-electron chi connectivity index (χ0n) is 17.0. The molecule has 2 aliphatic rings. The highest BCUT2D eigenvalue weighted by Crippen LogP contribution is 2.19. The molecule has 2 saturated heterocycles. The van der Waals surface area contributed by atoms with Gasteiger partial charge in [0.1, 0.15) is 0 Å². The lowest BCUT2D eigenvalue weighted by molar-refractivity contribution is -0.146. The van der Waals surface area contributed by atoms with Gasteiger partial charge in [0, 0.05) is 38.4 Å². The van der Waals surface area contributed by atoms with Crippen LogP contribution in [0.4, 0.5) is 5.69 Å². The summed E-state index contributed by atoms with van der Waals surface area (Å²) < 4.78 is 10.3. The monoisotopic (exact) mass is 388 g/mol. The Labute approximate surface area is 167 Å². The lowest BCUT2D eigenvalue weighted by atomic mass is 9.97. The molecular formula is C21H32N4O3. The van der Waals surface area contributed by atoms with Crippen molar-refractivity contribution in [3.8, 4) is 0 Å². The number of carbonyl (C=O) groups is 1. The van der Waals surface area contributed by atoms with Crippen LogP contribution in [0.1, 0.15) is 25.3 Å². The van der Waals surface area contributed by atoms with Crippen molar-refractivity contribution in [2.24, 2.45) is 10.9 Å². The van der Waals surface area contributed by atoms with E-state index in [0.29, 0.717) is 6.54 Å². The van der Waals surface area contributed by atoms with Crippen LogP contribution < -0.4 is 10.2 Å². The summed E-state index contributed by atoms with van der Waals surface area (Å²) in [6.07, 6.45) is 1.62. The average molecular weight is 389 g/mol. The van der Waals surface area contributed by atoms with E-state index in [1.54, 1.807) is 0 Å². The van der Waals surface area contributed by atoms with Gasteiger partial charge in [-0.3, -0.25) is 4.79 Å². The number of likely N-dealkylation sites (tertiary alicyclic amines) is 1. The Morgan fingerprint density at radius 2 is 1.86 bits per heavy atom. The number of esters is 1. The van der Waals surface area contributed by atoms with Crippen molar-refractivity contribution in [2.75, 3.05) is 57.9 Å². The van der Waals surface area contributed by atoms with E-state index >= 15 is 0 Å². The largest absolute Gasteiger partial charge is 0.469 e. The third-order valence-electron chi connectivity index (χ3n) is 5.39. The molecule has 0 bridgehead atoms. The number of benzene rings is 1. The fourth-order valence-corrected chi connectivity index (χ4v) is 3.72. The lowest BCUT2D eigenvalue weighted by Gasteiger charge is -2.33. The maximum absolute atomic E-state index is 11.7. The zero-order chi connectivity index (χ0) is 19.8. The highest BCUT2D eigenvalue weighted by Gasteiger charge is 2.26. The Hall–Kier alpha value is -2.28. The van der Waals surface area contributed by atoms with Gasteiger partial charge in [-0.05, 0) is 37.5 Å². The normalized spacial score (nSPS) is 18.9. The molecule has 0 spiro atoms. The molecule has 1 aromatic carbocycles. The van der Waals surface area contributed by atoms with Gasteiger partial charge < -0.3 is 24.6 Å². The summed E-state index contributed by atoms with van der Waals surface area (Å²) in [5.41, 5.74) is 2.43. The van der Waals surface area contributed by atoms with Crippen LogP contribution in [-0.4, -0.2) is 69.9 Å². The van der Waals surface area contributed by atoms with Crippen LogP contribution >= 0.6 is 0 Å². The maximum Gasteiger partial charge on any atom is 0.308 e. The van der Waals surface area contributed by atoms with E-state index < -0.39 is 0 Å². The second kappa shape index (κ2) is 10.3. The summed E-state index contributed by atoms with van der Waals surface area (Å²) in [5, 5.41) is 3.38. The maximum atomic E-state index is 11.7. The van der Waals surface area contributed by atoms with Gasteiger partial charge in [-0.15, -0.1) is 0 Å². The molecule has 3 rings (SSSR count). The van der Waals surface area contributed by atoms with Crippen LogP contribution in [0, 0.1) is 5.92 Å². The number of hydrogen-bond acceptors (Lipinski definition) is 5. The van der Waals surface area contributed by atoms with E-state index in [1.807, 2.05) is 0 Å². The Balaban J connectivity index is 1.57. The molecule has 0 radical (unpaired) electrons. The summed E-state index contributed by atoms with van der Waals surface area (Å²) in [6, 6.07) is 8.65. The number of aliphatic imine (C=N–C) groups is 1. The number of carbonyl (C=O) groups excluding carboxylic acids is 1. The minimum Gasteiger partial charge on any atom is -0.469 e. The molecule has 0 aliphatic carbocycles. The van der Waals surface area contributed by atoms with E-state index in [2.05, 4.69) is 46.3 Å². The second-order valence-corrected chi connectivity index (χ2v) is 7.22. The SMILES string of the molecule is CCNC(=NCc1ccc(N2CCOCC2)cc1)N1CCC(C(=O)OC)CC1. The molecule has 0 unspecified atom stereocenters. The summed E-state index contributed by atoms with van der Waals surface area (Å²) in [6.45, 7) is 8.67. The molecule has 0 atom stereocenters. The molecule has 1 N–H and O–H groups in total. The molecule has 2 aliphatic heterocycles. The highest BCUT2D eigenvalue weighted by atomic mass is 16.5. The van der Waals surface area contributed by atoms with E-state index in [-0.39, 0.29) is 11.9 Å². The number of anilines is 1.